The van der Waals surface area contributed by atoms with Crippen molar-refractivity contribution in [1.29, 1.82) is 0 Å². The molecule has 1 amide bonds. The molecule has 1 aromatic carbocycles. The van der Waals surface area contributed by atoms with Gasteiger partial charge in [-0.2, -0.15) is 0 Å². The van der Waals surface area contributed by atoms with E-state index in [9.17, 15) is 9.18 Å². The highest BCUT2D eigenvalue weighted by molar-refractivity contribution is 8.03. The highest BCUT2D eigenvalue weighted by Gasteiger charge is 2.09. The van der Waals surface area contributed by atoms with Gasteiger partial charge in [0, 0.05) is 11.4 Å². The van der Waals surface area contributed by atoms with Gasteiger partial charge in [-0.05, 0) is 24.6 Å². The van der Waals surface area contributed by atoms with Crippen LogP contribution in [0.1, 0.15) is 13.3 Å². The highest BCUT2D eigenvalue weighted by Crippen LogP contribution is 2.29. The summed E-state index contributed by atoms with van der Waals surface area (Å²) in [6.07, 6.45) is 1.09. The summed E-state index contributed by atoms with van der Waals surface area (Å²) < 4.78 is 14.7. The summed E-state index contributed by atoms with van der Waals surface area (Å²) >= 11 is 4.49. The number of nitrogens with one attached hydrogen (secondary N) is 1. The van der Waals surface area contributed by atoms with Gasteiger partial charge in [-0.25, -0.2) is 4.39 Å². The van der Waals surface area contributed by atoms with E-state index in [4.69, 9.17) is 0 Å². The van der Waals surface area contributed by atoms with Gasteiger partial charge in [-0.3, -0.25) is 4.79 Å². The van der Waals surface area contributed by atoms with Gasteiger partial charge in [0.1, 0.15) is 5.82 Å². The Balaban J connectivity index is 1.79. The fraction of sp³-hybridized carbons (Fsp3) is 0.308. The molecule has 0 aliphatic heterocycles. The van der Waals surface area contributed by atoms with Crippen LogP contribution in [0, 0.1) is 5.82 Å². The number of nitrogens with zero attached hydrogens (tertiary/aromatic N) is 2. The molecule has 2 rings (SSSR count). The molecule has 1 heterocycles. The fourth-order valence-electron chi connectivity index (χ4n) is 1.39. The van der Waals surface area contributed by atoms with Crippen molar-refractivity contribution in [1.82, 2.24) is 10.2 Å². The molecule has 0 saturated heterocycles. The van der Waals surface area contributed by atoms with E-state index in [1.165, 1.54) is 35.2 Å². The molecular weight excluding hydrogens is 329 g/mol. The third-order valence-corrected chi connectivity index (χ3v) is 5.65. The van der Waals surface area contributed by atoms with Gasteiger partial charge in [-0.15, -0.1) is 10.2 Å². The van der Waals surface area contributed by atoms with Crippen molar-refractivity contribution < 1.29 is 9.18 Å². The summed E-state index contributed by atoms with van der Waals surface area (Å²) in [5, 5.41) is 10.7. The topological polar surface area (TPSA) is 54.9 Å². The van der Waals surface area contributed by atoms with E-state index in [1.54, 1.807) is 23.9 Å². The van der Waals surface area contributed by atoms with E-state index >= 15 is 0 Å². The number of amides is 1. The van der Waals surface area contributed by atoms with Crippen molar-refractivity contribution in [2.75, 3.05) is 16.8 Å². The number of carbonyl (C=O) groups is 1. The first-order valence-electron chi connectivity index (χ1n) is 6.32. The first kappa shape index (κ1) is 16.3. The summed E-state index contributed by atoms with van der Waals surface area (Å²) in [6, 6.07) is 5.82. The van der Waals surface area contributed by atoms with Crippen LogP contribution in [0.4, 0.5) is 10.1 Å². The third-order valence-electron chi connectivity index (χ3n) is 2.25. The molecular formula is C13H14FN3OS3. The van der Waals surface area contributed by atoms with Crippen LogP contribution in [0.15, 0.2) is 32.9 Å². The molecule has 1 aromatic heterocycles. The SMILES string of the molecule is CCCSc1nnc(SCC(=O)Nc2cccc(F)c2)s1. The lowest BCUT2D eigenvalue weighted by molar-refractivity contribution is -0.113. The minimum Gasteiger partial charge on any atom is -0.325 e. The van der Waals surface area contributed by atoms with Gasteiger partial charge in [0.15, 0.2) is 8.68 Å². The average molecular weight is 343 g/mol. The Morgan fingerprint density at radius 1 is 1.33 bits per heavy atom. The molecule has 0 bridgehead atoms. The molecule has 0 fully saturated rings. The minimum absolute atomic E-state index is 0.191. The van der Waals surface area contributed by atoms with Crippen LogP contribution in [0.3, 0.4) is 0 Å². The Morgan fingerprint density at radius 3 is 2.81 bits per heavy atom. The van der Waals surface area contributed by atoms with Crippen LogP contribution < -0.4 is 5.32 Å². The fourth-order valence-corrected chi connectivity index (χ4v) is 4.14. The molecule has 21 heavy (non-hydrogen) atoms. The number of carbonyl (C=O) groups excluding carboxylic acids is 1. The zero-order valence-electron chi connectivity index (χ0n) is 11.3. The van der Waals surface area contributed by atoms with Crippen molar-refractivity contribution in [2.24, 2.45) is 0 Å². The third kappa shape index (κ3) is 5.64. The molecule has 8 heteroatoms. The zero-order valence-corrected chi connectivity index (χ0v) is 13.8. The molecule has 0 spiro atoms. The predicted octanol–water partition coefficient (Wildman–Crippen LogP) is 3.91. The molecule has 4 nitrogen and oxygen atoms in total. The molecule has 0 radical (unpaired) electrons. The van der Waals surface area contributed by atoms with E-state index in [-0.39, 0.29) is 17.5 Å². The second-order valence-electron chi connectivity index (χ2n) is 4.03. The summed E-state index contributed by atoms with van der Waals surface area (Å²) in [5.41, 5.74) is 0.456. The average Bonchev–Trinajstić information content (AvgIpc) is 2.91. The van der Waals surface area contributed by atoms with Gasteiger partial charge in [-0.1, -0.05) is 47.9 Å². The predicted molar refractivity (Wildman–Crippen MR) is 86.7 cm³/mol. The van der Waals surface area contributed by atoms with Crippen molar-refractivity contribution in [2.45, 2.75) is 22.0 Å². The maximum Gasteiger partial charge on any atom is 0.234 e. The van der Waals surface area contributed by atoms with Gasteiger partial charge in [0.25, 0.3) is 0 Å². The van der Waals surface area contributed by atoms with Crippen molar-refractivity contribution in [3.63, 3.8) is 0 Å². The molecule has 0 aliphatic carbocycles. The minimum atomic E-state index is -0.373. The smallest absolute Gasteiger partial charge is 0.234 e. The number of thioether (sulfide) groups is 2. The lowest BCUT2D eigenvalue weighted by Gasteiger charge is -2.03. The summed E-state index contributed by atoms with van der Waals surface area (Å²) in [4.78, 5) is 11.8. The van der Waals surface area contributed by atoms with E-state index < -0.39 is 0 Å². The maximum absolute atomic E-state index is 13.0. The van der Waals surface area contributed by atoms with Gasteiger partial charge in [0.2, 0.25) is 5.91 Å². The molecule has 0 saturated carbocycles. The number of aromatic nitrogens is 2. The molecule has 0 atom stereocenters. The Bertz CT molecular complexity index is 606. The van der Waals surface area contributed by atoms with Crippen LogP contribution in [0.5, 0.6) is 0 Å². The van der Waals surface area contributed by atoms with Gasteiger partial charge in [0.05, 0.1) is 5.75 Å². The van der Waals surface area contributed by atoms with E-state index in [0.717, 1.165) is 20.9 Å². The first-order chi connectivity index (χ1) is 10.2. The number of rotatable bonds is 7. The standard InChI is InChI=1S/C13H14FN3OS3/c1-2-6-19-12-16-17-13(21-12)20-8-11(18)15-10-5-3-4-9(14)7-10/h3-5,7H,2,6,8H2,1H3,(H,15,18). The highest BCUT2D eigenvalue weighted by atomic mass is 32.2. The number of anilines is 1. The molecule has 0 aliphatic rings. The lowest BCUT2D eigenvalue weighted by Crippen LogP contribution is -2.13. The van der Waals surface area contributed by atoms with Crippen LogP contribution in [0.25, 0.3) is 0 Å². The van der Waals surface area contributed by atoms with Crippen LogP contribution in [-0.4, -0.2) is 27.6 Å². The first-order valence-corrected chi connectivity index (χ1v) is 9.10. The van der Waals surface area contributed by atoms with Crippen LogP contribution >= 0.6 is 34.9 Å². The number of hydrogen-bond acceptors (Lipinski definition) is 6. The number of halogens is 1. The van der Waals surface area contributed by atoms with E-state index in [1.807, 2.05) is 0 Å². The van der Waals surface area contributed by atoms with Crippen molar-refractivity contribution in [3.8, 4) is 0 Å². The van der Waals surface area contributed by atoms with Crippen molar-refractivity contribution >= 4 is 46.5 Å². The summed E-state index contributed by atoms with van der Waals surface area (Å²) in [7, 11) is 0. The van der Waals surface area contributed by atoms with Crippen LogP contribution in [-0.2, 0) is 4.79 Å². The Hall–Kier alpha value is -1.12. The van der Waals surface area contributed by atoms with Crippen molar-refractivity contribution in [3.05, 3.63) is 30.1 Å². The number of benzene rings is 1. The van der Waals surface area contributed by atoms with Gasteiger partial charge >= 0.3 is 0 Å². The zero-order chi connectivity index (χ0) is 15.1. The maximum atomic E-state index is 13.0. The van der Waals surface area contributed by atoms with Gasteiger partial charge < -0.3 is 5.32 Å². The summed E-state index contributed by atoms with van der Waals surface area (Å²) in [6.45, 7) is 2.11. The second-order valence-corrected chi connectivity index (χ2v) is 7.57. The largest absolute Gasteiger partial charge is 0.325 e. The Kier molecular flexibility index (Phi) is 6.47. The molecule has 0 unspecified atom stereocenters. The molecule has 2 aromatic rings. The summed E-state index contributed by atoms with van der Waals surface area (Å²) in [5.74, 6) is 0.675. The number of hydrogen-bond donors (Lipinski definition) is 1. The lowest BCUT2D eigenvalue weighted by atomic mass is 10.3. The second kappa shape index (κ2) is 8.35. The van der Waals surface area contributed by atoms with Crippen LogP contribution in [0.2, 0.25) is 0 Å². The molecule has 112 valence electrons. The van der Waals surface area contributed by atoms with E-state index in [2.05, 4.69) is 22.4 Å². The van der Waals surface area contributed by atoms with E-state index in [0.29, 0.717) is 5.69 Å². The normalized spacial score (nSPS) is 10.6. The molecule has 1 N–H and O–H groups in total. The Labute approximate surface area is 134 Å². The quantitative estimate of drug-likeness (QED) is 0.773. The Morgan fingerprint density at radius 2 is 2.10 bits per heavy atom. The monoisotopic (exact) mass is 343 g/mol.